The van der Waals surface area contributed by atoms with Crippen LogP contribution in [0.25, 0.3) is 22.4 Å². The number of fused-ring (bicyclic) bond motifs is 3. The van der Waals surface area contributed by atoms with Gasteiger partial charge in [0.2, 0.25) is 11.7 Å². The number of benzene rings is 3. The van der Waals surface area contributed by atoms with Crippen molar-refractivity contribution < 1.29 is 4.79 Å². The molecule has 1 N–H and O–H groups in total. The third-order valence-electron chi connectivity index (χ3n) is 5.43. The number of amides is 1. The number of hydrogen-bond donors (Lipinski definition) is 1. The summed E-state index contributed by atoms with van der Waals surface area (Å²) in [5, 5.41) is 13.1. The molecule has 2 heterocycles. The van der Waals surface area contributed by atoms with Gasteiger partial charge in [-0.25, -0.2) is 4.57 Å². The summed E-state index contributed by atoms with van der Waals surface area (Å²) in [6.07, 6.45) is 0. The van der Waals surface area contributed by atoms with E-state index in [4.69, 9.17) is 11.6 Å². The van der Waals surface area contributed by atoms with Crippen molar-refractivity contribution in [2.24, 2.45) is 0 Å². The number of para-hydroxylation sites is 1. The van der Waals surface area contributed by atoms with Crippen LogP contribution in [0.5, 0.6) is 0 Å². The van der Waals surface area contributed by atoms with Gasteiger partial charge < -0.3 is 5.32 Å². The van der Waals surface area contributed by atoms with Crippen LogP contribution in [0.1, 0.15) is 11.1 Å². The van der Waals surface area contributed by atoms with E-state index in [-0.39, 0.29) is 17.2 Å². The molecular formula is C25H20ClN5O2S. The normalized spacial score (nSPS) is 11.3. The molecule has 5 aromatic rings. The Morgan fingerprint density at radius 3 is 2.65 bits per heavy atom. The maximum absolute atomic E-state index is 13.5. The number of rotatable bonds is 5. The molecule has 0 spiro atoms. The predicted octanol–water partition coefficient (Wildman–Crippen LogP) is 5.03. The summed E-state index contributed by atoms with van der Waals surface area (Å²) in [6.45, 7) is 3.97. The number of carbonyl (C=O) groups excluding carboxylic acids is 1. The maximum atomic E-state index is 13.5. The lowest BCUT2D eigenvalue weighted by Gasteiger charge is -2.13. The number of nitrogens with one attached hydrogen (secondary N) is 1. The summed E-state index contributed by atoms with van der Waals surface area (Å²) >= 11 is 7.25. The van der Waals surface area contributed by atoms with Gasteiger partial charge >= 0.3 is 0 Å². The fourth-order valence-corrected chi connectivity index (χ4v) is 4.87. The highest BCUT2D eigenvalue weighted by Gasteiger charge is 2.19. The van der Waals surface area contributed by atoms with E-state index >= 15 is 0 Å². The van der Waals surface area contributed by atoms with Crippen molar-refractivity contribution in [3.05, 3.63) is 93.2 Å². The van der Waals surface area contributed by atoms with Crippen LogP contribution in [-0.2, 0) is 4.79 Å². The lowest BCUT2D eigenvalue weighted by molar-refractivity contribution is -0.113. The van der Waals surface area contributed by atoms with Gasteiger partial charge in [-0.15, -0.1) is 10.2 Å². The fourth-order valence-electron chi connectivity index (χ4n) is 3.94. The summed E-state index contributed by atoms with van der Waals surface area (Å²) in [5.74, 6) is 0.314. The molecule has 170 valence electrons. The fraction of sp³-hybridized carbons (Fsp3) is 0.120. The van der Waals surface area contributed by atoms with E-state index < -0.39 is 0 Å². The smallest absolute Gasteiger partial charge is 0.267 e. The molecule has 1 amide bonds. The second-order valence-corrected chi connectivity index (χ2v) is 9.29. The molecule has 2 aromatic heterocycles. The molecule has 3 aromatic carbocycles. The number of aryl methyl sites for hydroxylation is 2. The van der Waals surface area contributed by atoms with Crippen LogP contribution < -0.4 is 10.9 Å². The number of thioether (sulfide) groups is 1. The number of anilines is 1. The minimum absolute atomic E-state index is 0.115. The molecule has 0 saturated heterocycles. The van der Waals surface area contributed by atoms with Crippen LogP contribution in [0.2, 0.25) is 5.02 Å². The Balaban J connectivity index is 1.57. The van der Waals surface area contributed by atoms with Crippen molar-refractivity contribution >= 4 is 51.6 Å². The molecule has 0 bridgehead atoms. The lowest BCUT2D eigenvalue weighted by Crippen LogP contribution is -2.22. The zero-order chi connectivity index (χ0) is 23.8. The second kappa shape index (κ2) is 8.96. The maximum Gasteiger partial charge on any atom is 0.267 e. The van der Waals surface area contributed by atoms with E-state index in [9.17, 15) is 9.59 Å². The Labute approximate surface area is 204 Å². The zero-order valence-electron chi connectivity index (χ0n) is 18.4. The van der Waals surface area contributed by atoms with Crippen LogP contribution >= 0.6 is 23.4 Å². The number of aromatic nitrogens is 4. The van der Waals surface area contributed by atoms with Gasteiger partial charge in [-0.05, 0) is 55.8 Å². The molecule has 34 heavy (non-hydrogen) atoms. The predicted molar refractivity (Wildman–Crippen MR) is 136 cm³/mol. The van der Waals surface area contributed by atoms with Crippen LogP contribution in [0.3, 0.4) is 0 Å². The number of nitrogens with zero attached hydrogens (tertiary/aromatic N) is 4. The quantitative estimate of drug-likeness (QED) is 0.350. The Morgan fingerprint density at radius 1 is 1.03 bits per heavy atom. The van der Waals surface area contributed by atoms with E-state index in [2.05, 4.69) is 15.5 Å². The van der Waals surface area contributed by atoms with Crippen molar-refractivity contribution in [3.63, 3.8) is 0 Å². The van der Waals surface area contributed by atoms with Crippen LogP contribution in [0.15, 0.2) is 76.7 Å². The monoisotopic (exact) mass is 489 g/mol. The Kier molecular flexibility index (Phi) is 5.85. The van der Waals surface area contributed by atoms with Gasteiger partial charge in [-0.2, -0.15) is 0 Å². The summed E-state index contributed by atoms with van der Waals surface area (Å²) in [5.41, 5.74) is 3.95. The lowest BCUT2D eigenvalue weighted by atomic mass is 10.1. The molecule has 9 heteroatoms. The molecule has 0 fully saturated rings. The Bertz CT molecular complexity index is 1630. The molecule has 5 rings (SSSR count). The number of hydrogen-bond acceptors (Lipinski definition) is 5. The van der Waals surface area contributed by atoms with Gasteiger partial charge in [0.05, 0.1) is 22.3 Å². The van der Waals surface area contributed by atoms with Crippen molar-refractivity contribution in [2.45, 2.75) is 19.0 Å². The van der Waals surface area contributed by atoms with Gasteiger partial charge in [-0.3, -0.25) is 14.0 Å². The van der Waals surface area contributed by atoms with Crippen molar-refractivity contribution in [1.82, 2.24) is 19.2 Å². The van der Waals surface area contributed by atoms with Crippen molar-refractivity contribution in [2.75, 3.05) is 11.1 Å². The highest BCUT2D eigenvalue weighted by Crippen LogP contribution is 2.25. The zero-order valence-corrected chi connectivity index (χ0v) is 20.0. The first-order valence-electron chi connectivity index (χ1n) is 10.6. The number of carbonyl (C=O) groups is 1. The van der Waals surface area contributed by atoms with E-state index in [1.807, 2.05) is 54.6 Å². The summed E-state index contributed by atoms with van der Waals surface area (Å²) in [7, 11) is 0. The highest BCUT2D eigenvalue weighted by atomic mass is 35.5. The molecular weight excluding hydrogens is 470 g/mol. The van der Waals surface area contributed by atoms with Gasteiger partial charge in [0.1, 0.15) is 0 Å². The average Bonchev–Trinajstić information content (AvgIpc) is 3.23. The Hall–Kier alpha value is -3.62. The molecule has 0 saturated carbocycles. The summed E-state index contributed by atoms with van der Waals surface area (Å²) < 4.78 is 3.41. The second-order valence-electron chi connectivity index (χ2n) is 7.91. The van der Waals surface area contributed by atoms with E-state index in [1.165, 1.54) is 11.8 Å². The highest BCUT2D eigenvalue weighted by molar-refractivity contribution is 7.99. The topological polar surface area (TPSA) is 81.3 Å². The SMILES string of the molecule is Cc1ccc(-n2c(=O)c3ccccc3n3c(SCC(=O)Nc4cccc(Cl)c4)nnc23)c(C)c1. The molecule has 0 aliphatic carbocycles. The average molecular weight is 490 g/mol. The standard InChI is InChI=1S/C25H20ClN5O2S/c1-15-10-11-20(16(2)12-15)30-23(33)19-8-3-4-9-21(19)31-24(30)28-29-25(31)34-14-22(32)27-18-7-5-6-17(26)13-18/h3-13H,14H2,1-2H3,(H,27,32). The Morgan fingerprint density at radius 2 is 1.85 bits per heavy atom. The largest absolute Gasteiger partial charge is 0.325 e. The summed E-state index contributed by atoms with van der Waals surface area (Å²) in [6, 6.07) is 20.2. The molecule has 0 aliphatic heterocycles. The van der Waals surface area contributed by atoms with Crippen LogP contribution in [0.4, 0.5) is 5.69 Å². The summed E-state index contributed by atoms with van der Waals surface area (Å²) in [4.78, 5) is 26.0. The van der Waals surface area contributed by atoms with Crippen molar-refractivity contribution in [1.29, 1.82) is 0 Å². The molecule has 7 nitrogen and oxygen atoms in total. The first kappa shape index (κ1) is 22.2. The number of halogens is 1. The first-order chi connectivity index (χ1) is 16.4. The third kappa shape index (κ3) is 4.06. The molecule has 0 aliphatic rings. The van der Waals surface area contributed by atoms with Crippen LogP contribution in [0, 0.1) is 13.8 Å². The van der Waals surface area contributed by atoms with Gasteiger partial charge in [0.15, 0.2) is 5.16 Å². The molecule has 0 unspecified atom stereocenters. The van der Waals surface area contributed by atoms with Crippen LogP contribution in [-0.4, -0.2) is 30.8 Å². The van der Waals surface area contributed by atoms with Gasteiger partial charge in [-0.1, -0.05) is 59.3 Å². The molecule has 0 radical (unpaired) electrons. The van der Waals surface area contributed by atoms with Gasteiger partial charge in [0.25, 0.3) is 5.56 Å². The molecule has 0 atom stereocenters. The van der Waals surface area contributed by atoms with E-state index in [0.717, 1.165) is 16.8 Å². The van der Waals surface area contributed by atoms with Crippen molar-refractivity contribution in [3.8, 4) is 5.69 Å². The van der Waals surface area contributed by atoms with E-state index in [1.54, 1.807) is 34.9 Å². The third-order valence-corrected chi connectivity index (χ3v) is 6.59. The van der Waals surface area contributed by atoms with E-state index in [0.29, 0.717) is 32.5 Å². The minimum atomic E-state index is -0.198. The minimum Gasteiger partial charge on any atom is -0.325 e. The first-order valence-corrected chi connectivity index (χ1v) is 11.9. The van der Waals surface area contributed by atoms with Gasteiger partial charge in [0, 0.05) is 10.7 Å².